The Morgan fingerprint density at radius 1 is 0.933 bits per heavy atom. The summed E-state index contributed by atoms with van der Waals surface area (Å²) in [4.78, 5) is 24.4. The van der Waals surface area contributed by atoms with Gasteiger partial charge < -0.3 is 14.6 Å². The number of carboxylic acids is 1. The number of carbonyl (C=O) groups is 1. The fourth-order valence-electron chi connectivity index (χ4n) is 3.17. The minimum Gasteiger partial charge on any atom is -0.506 e. The van der Waals surface area contributed by atoms with Gasteiger partial charge in [-0.25, -0.2) is 4.79 Å². The van der Waals surface area contributed by atoms with Gasteiger partial charge in [0.05, 0.1) is 16.3 Å². The maximum Gasteiger partial charge on any atom is 0.336 e. The molecule has 10 heteroatoms. The molecule has 1 aliphatic carbocycles. The Labute approximate surface area is 247 Å². The fourth-order valence-corrected chi connectivity index (χ4v) is 6.75. The smallest absolute Gasteiger partial charge is 0.336 e. The van der Waals surface area contributed by atoms with Crippen molar-refractivity contribution >= 4 is 137 Å². The van der Waals surface area contributed by atoms with E-state index in [4.69, 9.17) is 4.42 Å². The largest absolute Gasteiger partial charge is 0.506 e. The van der Waals surface area contributed by atoms with E-state index in [1.807, 2.05) is 90.4 Å². The van der Waals surface area contributed by atoms with Crippen LogP contribution in [0.25, 0.3) is 33.4 Å². The molecule has 4 rings (SSSR count). The number of aromatic carboxylic acids is 1. The van der Waals surface area contributed by atoms with Crippen molar-refractivity contribution in [3.05, 3.63) is 66.5 Å². The molecule has 0 amide bonds. The molecule has 147 valence electrons. The van der Waals surface area contributed by atoms with Crippen molar-refractivity contribution < 1.29 is 19.4 Å². The number of benzene rings is 3. The van der Waals surface area contributed by atoms with Gasteiger partial charge in [0.15, 0.2) is 11.3 Å². The van der Waals surface area contributed by atoms with Crippen LogP contribution in [0.2, 0.25) is 0 Å². The summed E-state index contributed by atoms with van der Waals surface area (Å²) in [5, 5.41) is 20.8. The Morgan fingerprint density at radius 3 is 2.27 bits per heavy atom. The average molecular weight is 859 g/mol. The Hall–Kier alpha value is 0.320. The number of aromatic hydroxyl groups is 1. The molecule has 5 nitrogen and oxygen atoms in total. The molecule has 1 radical (unpaired) electrons. The van der Waals surface area contributed by atoms with E-state index in [-0.39, 0.29) is 46.3 Å². The second-order valence-electron chi connectivity index (χ2n) is 6.10. The van der Waals surface area contributed by atoms with E-state index in [1.54, 1.807) is 36.4 Å². The van der Waals surface area contributed by atoms with E-state index in [9.17, 15) is 19.8 Å². The van der Waals surface area contributed by atoms with Crippen molar-refractivity contribution in [1.82, 2.24) is 0 Å². The molecule has 30 heavy (non-hydrogen) atoms. The zero-order valence-electron chi connectivity index (χ0n) is 15.1. The van der Waals surface area contributed by atoms with Gasteiger partial charge in [-0.3, -0.25) is 4.79 Å². The molecule has 0 saturated heterocycles. The quantitative estimate of drug-likeness (QED) is 0.147. The maximum absolute atomic E-state index is 12.5. The minimum absolute atomic E-state index is 0. The van der Waals surface area contributed by atoms with E-state index in [2.05, 4.69) is 0 Å². The molecule has 0 atom stereocenters. The van der Waals surface area contributed by atoms with Gasteiger partial charge in [-0.05, 0) is 114 Å². The van der Waals surface area contributed by atoms with Crippen molar-refractivity contribution in [3.8, 4) is 28.2 Å². The molecule has 2 aromatic carbocycles. The zero-order chi connectivity index (χ0) is 21.0. The van der Waals surface area contributed by atoms with Gasteiger partial charge in [0.25, 0.3) is 0 Å². The topological polar surface area (TPSA) is 87.7 Å². The predicted octanol–water partition coefficient (Wildman–Crippen LogP) is 6.01. The molecular formula is C20H8I4NaO5. The summed E-state index contributed by atoms with van der Waals surface area (Å²) in [6.45, 7) is 0. The standard InChI is InChI=1S/C20H8I4O5.Na/c21-11-5-9-13(7-3-1-2-4-8(7)20(27)28)10-6-12(22)17(26)15(24)19(10)29-18(9)14(23)16(11)25;/h1-6,25H,(H,27,28);. The van der Waals surface area contributed by atoms with Gasteiger partial charge in [0.2, 0.25) is 5.43 Å². The molecule has 0 unspecified atom stereocenters. The van der Waals surface area contributed by atoms with Crippen molar-refractivity contribution in [2.45, 2.75) is 0 Å². The van der Waals surface area contributed by atoms with Crippen LogP contribution >= 0.6 is 90.4 Å². The maximum atomic E-state index is 12.5. The Balaban J connectivity index is 0.00000256. The SMILES string of the molecule is O=C(O)c1ccccc1-c1c2cc(I)c(=O)c(I)c-2oc2c(I)c(O)c(I)cc12.[Na]. The fraction of sp³-hybridized carbons (Fsp3) is 0. The third-order valence-electron chi connectivity index (χ3n) is 4.45. The molecule has 2 N–H and O–H groups in total. The van der Waals surface area contributed by atoms with Gasteiger partial charge in [-0.1, -0.05) is 18.2 Å². The molecule has 1 aliphatic heterocycles. The zero-order valence-corrected chi connectivity index (χ0v) is 25.7. The predicted molar refractivity (Wildman–Crippen MR) is 150 cm³/mol. The van der Waals surface area contributed by atoms with E-state index >= 15 is 0 Å². The summed E-state index contributed by atoms with van der Waals surface area (Å²) in [6.07, 6.45) is 0. The van der Waals surface area contributed by atoms with Gasteiger partial charge in [-0.2, -0.15) is 0 Å². The van der Waals surface area contributed by atoms with Crippen molar-refractivity contribution in [2.75, 3.05) is 0 Å². The number of fused-ring (bicyclic) bond motifs is 2. The number of carboxylic acid groups (broad SMARTS) is 1. The summed E-state index contributed by atoms with van der Waals surface area (Å²) in [5.41, 5.74) is 2.24. The number of hydrogen-bond donors (Lipinski definition) is 2. The van der Waals surface area contributed by atoms with Gasteiger partial charge in [0.1, 0.15) is 9.32 Å². The average Bonchev–Trinajstić information content (AvgIpc) is 2.69. The van der Waals surface area contributed by atoms with E-state index < -0.39 is 5.97 Å². The van der Waals surface area contributed by atoms with Crippen LogP contribution in [0.5, 0.6) is 5.75 Å². The second kappa shape index (κ2) is 9.67. The molecule has 0 aromatic heterocycles. The van der Waals surface area contributed by atoms with Crippen LogP contribution in [-0.4, -0.2) is 45.7 Å². The number of hydrogen-bond acceptors (Lipinski definition) is 4. The van der Waals surface area contributed by atoms with Crippen LogP contribution in [0.15, 0.2) is 45.6 Å². The first kappa shape index (κ1) is 25.0. The Bertz CT molecular complexity index is 1370. The minimum atomic E-state index is -1.05. The number of phenols is 1. The van der Waals surface area contributed by atoms with Crippen molar-refractivity contribution in [2.24, 2.45) is 0 Å². The summed E-state index contributed by atoms with van der Waals surface area (Å²) in [7, 11) is 0. The molecule has 0 fully saturated rings. The van der Waals surface area contributed by atoms with Crippen molar-refractivity contribution in [1.29, 1.82) is 0 Å². The molecule has 0 saturated carbocycles. The summed E-state index contributed by atoms with van der Waals surface area (Å²) < 4.78 is 8.16. The van der Waals surface area contributed by atoms with Crippen LogP contribution < -0.4 is 5.43 Å². The van der Waals surface area contributed by atoms with Gasteiger partial charge >= 0.3 is 5.97 Å². The monoisotopic (exact) mass is 859 g/mol. The third kappa shape index (κ3) is 4.16. The summed E-state index contributed by atoms with van der Waals surface area (Å²) >= 11 is 7.96. The summed E-state index contributed by atoms with van der Waals surface area (Å²) in [6, 6.07) is 10.2. The number of phenolic OH excluding ortho intramolecular Hbond substituents is 1. The van der Waals surface area contributed by atoms with Crippen LogP contribution in [0, 0.1) is 14.3 Å². The van der Waals surface area contributed by atoms with E-state index in [0.29, 0.717) is 47.7 Å². The summed E-state index contributed by atoms with van der Waals surface area (Å²) in [5.74, 6) is -0.588. The van der Waals surface area contributed by atoms with E-state index in [0.717, 1.165) is 0 Å². The molecular weight excluding hydrogens is 851 g/mol. The van der Waals surface area contributed by atoms with Crippen LogP contribution in [0.3, 0.4) is 0 Å². The molecule has 1 heterocycles. The Morgan fingerprint density at radius 2 is 1.60 bits per heavy atom. The first-order chi connectivity index (χ1) is 13.7. The third-order valence-corrected chi connectivity index (χ3v) is 8.05. The second-order valence-corrected chi connectivity index (χ2v) is 10.6. The van der Waals surface area contributed by atoms with Crippen LogP contribution in [-0.2, 0) is 0 Å². The first-order valence-electron chi connectivity index (χ1n) is 8.00. The normalized spacial score (nSPS) is 10.9. The number of rotatable bonds is 2. The molecule has 2 aliphatic rings. The number of halogens is 4. The van der Waals surface area contributed by atoms with Gasteiger partial charge in [0, 0.05) is 46.1 Å². The molecule has 0 spiro atoms. The Kier molecular flexibility index (Phi) is 8.04. The van der Waals surface area contributed by atoms with Crippen molar-refractivity contribution in [3.63, 3.8) is 0 Å². The molecule has 0 bridgehead atoms. The van der Waals surface area contributed by atoms with Crippen LogP contribution in [0.4, 0.5) is 0 Å². The molecule has 2 aromatic rings. The first-order valence-corrected chi connectivity index (χ1v) is 12.3. The van der Waals surface area contributed by atoms with Crippen LogP contribution in [0.1, 0.15) is 10.4 Å². The van der Waals surface area contributed by atoms with Gasteiger partial charge in [-0.15, -0.1) is 0 Å². The van der Waals surface area contributed by atoms with E-state index in [1.165, 1.54) is 0 Å².